The highest BCUT2D eigenvalue weighted by molar-refractivity contribution is 7.09. The molecule has 0 aliphatic rings. The monoisotopic (exact) mass is 289 g/mol. The number of aryl methyl sites for hydroxylation is 2. The van der Waals surface area contributed by atoms with Crippen LogP contribution in [0, 0.1) is 13.8 Å². The fourth-order valence-electron chi connectivity index (χ4n) is 2.62. The third kappa shape index (κ3) is 3.45. The summed E-state index contributed by atoms with van der Waals surface area (Å²) in [4.78, 5) is 7.95. The second kappa shape index (κ2) is 6.48. The molecule has 0 radical (unpaired) electrons. The minimum absolute atomic E-state index is 0.0787. The van der Waals surface area contributed by atoms with Crippen molar-refractivity contribution >= 4 is 11.3 Å². The van der Waals surface area contributed by atoms with Crippen LogP contribution in [0.1, 0.15) is 34.7 Å². The number of rotatable bonds is 5. The predicted octanol–water partition coefficient (Wildman–Crippen LogP) is 3.28. The summed E-state index contributed by atoms with van der Waals surface area (Å²) in [6.07, 6.45) is 0. The highest BCUT2D eigenvalue weighted by Gasteiger charge is 2.22. The molecule has 2 unspecified atom stereocenters. The summed E-state index contributed by atoms with van der Waals surface area (Å²) in [5.74, 6) is 0. The normalized spacial score (nSPS) is 14.5. The molecule has 0 aliphatic carbocycles. The molecule has 0 saturated heterocycles. The highest BCUT2D eigenvalue weighted by atomic mass is 32.1. The Labute approximate surface area is 125 Å². The number of hydrogen-bond acceptors (Lipinski definition) is 4. The molecule has 0 spiro atoms. The molecule has 2 rings (SSSR count). The Morgan fingerprint density at radius 1 is 1.35 bits per heavy atom. The molecule has 20 heavy (non-hydrogen) atoms. The van der Waals surface area contributed by atoms with Gasteiger partial charge in [-0.3, -0.25) is 4.90 Å². The number of hydrogen-bond donors (Lipinski definition) is 1. The number of benzene rings is 1. The van der Waals surface area contributed by atoms with Crippen molar-refractivity contribution in [1.82, 2.24) is 9.88 Å². The van der Waals surface area contributed by atoms with Gasteiger partial charge < -0.3 is 5.73 Å². The van der Waals surface area contributed by atoms with Crippen LogP contribution in [0.25, 0.3) is 0 Å². The smallest absolute Gasteiger partial charge is 0.0798 e. The first kappa shape index (κ1) is 15.2. The van der Waals surface area contributed by atoms with E-state index in [2.05, 4.69) is 62.0 Å². The maximum Gasteiger partial charge on any atom is 0.0798 e. The van der Waals surface area contributed by atoms with Gasteiger partial charge in [0.1, 0.15) is 0 Å². The number of nitrogens with two attached hydrogens (primary N) is 1. The van der Waals surface area contributed by atoms with Crippen LogP contribution in [0.2, 0.25) is 0 Å². The SMILES string of the molecule is Cc1cccc(C(C(C)N)N(C)Cc2scnc2C)c1. The van der Waals surface area contributed by atoms with Gasteiger partial charge in [-0.15, -0.1) is 11.3 Å². The van der Waals surface area contributed by atoms with Crippen molar-refractivity contribution < 1.29 is 0 Å². The zero-order valence-electron chi connectivity index (χ0n) is 12.6. The molecule has 1 aromatic carbocycles. The van der Waals surface area contributed by atoms with Crippen LogP contribution in [0.15, 0.2) is 29.8 Å². The predicted molar refractivity (Wildman–Crippen MR) is 85.9 cm³/mol. The first-order chi connectivity index (χ1) is 9.49. The van der Waals surface area contributed by atoms with E-state index in [-0.39, 0.29) is 12.1 Å². The molecule has 0 bridgehead atoms. The molecule has 1 heterocycles. The molecule has 0 amide bonds. The Bertz CT molecular complexity index is 562. The van der Waals surface area contributed by atoms with Crippen LogP contribution in [-0.4, -0.2) is 23.0 Å². The van der Waals surface area contributed by atoms with Crippen molar-refractivity contribution in [3.05, 3.63) is 51.5 Å². The first-order valence-electron chi connectivity index (χ1n) is 6.90. The van der Waals surface area contributed by atoms with Crippen LogP contribution in [0.5, 0.6) is 0 Å². The van der Waals surface area contributed by atoms with Crippen molar-refractivity contribution in [2.45, 2.75) is 39.4 Å². The highest BCUT2D eigenvalue weighted by Crippen LogP contribution is 2.26. The van der Waals surface area contributed by atoms with E-state index < -0.39 is 0 Å². The average Bonchev–Trinajstić information content (AvgIpc) is 2.74. The molecule has 108 valence electrons. The van der Waals surface area contributed by atoms with Gasteiger partial charge >= 0.3 is 0 Å². The lowest BCUT2D eigenvalue weighted by Gasteiger charge is -2.31. The van der Waals surface area contributed by atoms with Gasteiger partial charge in [0.05, 0.1) is 11.2 Å². The van der Waals surface area contributed by atoms with Crippen molar-refractivity contribution in [3.8, 4) is 0 Å². The molecule has 0 aliphatic heterocycles. The standard InChI is InChI=1S/C16H23N3S/c1-11-6-5-7-14(8-11)16(12(2)17)19(4)9-15-13(3)18-10-20-15/h5-8,10,12,16H,9,17H2,1-4H3. The van der Waals surface area contributed by atoms with Crippen LogP contribution < -0.4 is 5.73 Å². The molecule has 0 fully saturated rings. The minimum atomic E-state index is 0.0787. The van der Waals surface area contributed by atoms with Crippen molar-refractivity contribution in [2.24, 2.45) is 5.73 Å². The van der Waals surface area contributed by atoms with E-state index in [1.54, 1.807) is 11.3 Å². The summed E-state index contributed by atoms with van der Waals surface area (Å²) < 4.78 is 0. The molecular weight excluding hydrogens is 266 g/mol. The van der Waals surface area contributed by atoms with Crippen LogP contribution in [0.3, 0.4) is 0 Å². The summed E-state index contributed by atoms with van der Waals surface area (Å²) in [6, 6.07) is 8.91. The second-order valence-corrected chi connectivity index (χ2v) is 6.43. The quantitative estimate of drug-likeness (QED) is 0.918. The molecule has 2 N–H and O–H groups in total. The number of thiazole rings is 1. The van der Waals surface area contributed by atoms with Crippen LogP contribution in [0.4, 0.5) is 0 Å². The third-order valence-corrected chi connectivity index (χ3v) is 4.51. The van der Waals surface area contributed by atoms with E-state index in [1.165, 1.54) is 16.0 Å². The largest absolute Gasteiger partial charge is 0.326 e. The Morgan fingerprint density at radius 3 is 2.65 bits per heavy atom. The van der Waals surface area contributed by atoms with Crippen LogP contribution in [-0.2, 0) is 6.54 Å². The topological polar surface area (TPSA) is 42.1 Å². The van der Waals surface area contributed by atoms with E-state index in [0.717, 1.165) is 12.2 Å². The van der Waals surface area contributed by atoms with Gasteiger partial charge in [-0.05, 0) is 33.4 Å². The van der Waals surface area contributed by atoms with Gasteiger partial charge in [0.2, 0.25) is 0 Å². The summed E-state index contributed by atoms with van der Waals surface area (Å²) >= 11 is 1.71. The molecule has 3 nitrogen and oxygen atoms in total. The Hall–Kier alpha value is -1.23. The fraction of sp³-hybridized carbons (Fsp3) is 0.438. The summed E-state index contributed by atoms with van der Waals surface area (Å²) in [5.41, 5.74) is 11.8. The van der Waals surface area contributed by atoms with Gasteiger partial charge in [-0.2, -0.15) is 0 Å². The molecule has 2 aromatic rings. The van der Waals surface area contributed by atoms with Crippen molar-refractivity contribution in [2.75, 3.05) is 7.05 Å². The third-order valence-electron chi connectivity index (χ3n) is 3.59. The van der Waals surface area contributed by atoms with E-state index in [9.17, 15) is 0 Å². The van der Waals surface area contributed by atoms with Crippen molar-refractivity contribution in [3.63, 3.8) is 0 Å². The fourth-order valence-corrected chi connectivity index (χ4v) is 3.46. The molecule has 2 atom stereocenters. The number of nitrogens with zero attached hydrogens (tertiary/aromatic N) is 2. The Morgan fingerprint density at radius 2 is 2.10 bits per heavy atom. The van der Waals surface area contributed by atoms with E-state index in [4.69, 9.17) is 5.73 Å². The molecular formula is C16H23N3S. The summed E-state index contributed by atoms with van der Waals surface area (Å²) in [5, 5.41) is 0. The van der Waals surface area contributed by atoms with Crippen molar-refractivity contribution in [1.29, 1.82) is 0 Å². The van der Waals surface area contributed by atoms with E-state index >= 15 is 0 Å². The maximum atomic E-state index is 6.23. The lowest BCUT2D eigenvalue weighted by molar-refractivity contribution is 0.212. The zero-order valence-corrected chi connectivity index (χ0v) is 13.4. The maximum absolute atomic E-state index is 6.23. The van der Waals surface area contributed by atoms with Crippen LogP contribution >= 0.6 is 11.3 Å². The van der Waals surface area contributed by atoms with Gasteiger partial charge in [0.15, 0.2) is 0 Å². The van der Waals surface area contributed by atoms with E-state index in [1.807, 2.05) is 5.51 Å². The van der Waals surface area contributed by atoms with Gasteiger partial charge in [-0.25, -0.2) is 4.98 Å². The molecule has 0 saturated carbocycles. The summed E-state index contributed by atoms with van der Waals surface area (Å²) in [6.45, 7) is 7.14. The lowest BCUT2D eigenvalue weighted by Crippen LogP contribution is -2.37. The molecule has 1 aromatic heterocycles. The lowest BCUT2D eigenvalue weighted by atomic mass is 9.98. The number of likely N-dealkylation sites (N-methyl/N-ethyl adjacent to an activating group) is 1. The average molecular weight is 289 g/mol. The second-order valence-electron chi connectivity index (χ2n) is 5.49. The molecule has 4 heteroatoms. The van der Waals surface area contributed by atoms with E-state index in [0.29, 0.717) is 0 Å². The Kier molecular flexibility index (Phi) is 4.91. The summed E-state index contributed by atoms with van der Waals surface area (Å²) in [7, 11) is 2.13. The Balaban J connectivity index is 2.22. The van der Waals surface area contributed by atoms with Gasteiger partial charge in [0, 0.05) is 23.5 Å². The van der Waals surface area contributed by atoms with Gasteiger partial charge in [-0.1, -0.05) is 29.8 Å². The zero-order chi connectivity index (χ0) is 14.7. The first-order valence-corrected chi connectivity index (χ1v) is 7.78. The van der Waals surface area contributed by atoms with Gasteiger partial charge in [0.25, 0.3) is 0 Å². The number of aromatic nitrogens is 1. The minimum Gasteiger partial charge on any atom is -0.326 e.